The van der Waals surface area contributed by atoms with Gasteiger partial charge >= 0.3 is 0 Å². The maximum absolute atomic E-state index is 11.8. The molecule has 0 aliphatic rings. The van der Waals surface area contributed by atoms with Gasteiger partial charge in [-0.1, -0.05) is 11.6 Å². The maximum Gasteiger partial charge on any atom is 0.240 e. The van der Waals surface area contributed by atoms with E-state index in [0.29, 0.717) is 13.0 Å². The lowest BCUT2D eigenvalue weighted by molar-refractivity contribution is 0.579. The summed E-state index contributed by atoms with van der Waals surface area (Å²) in [5, 5.41) is 8.79. The third-order valence-corrected chi connectivity index (χ3v) is 3.82. The normalized spacial score (nSPS) is 10.5. The van der Waals surface area contributed by atoms with Crippen LogP contribution in [0.3, 0.4) is 0 Å². The quantitative estimate of drug-likeness (QED) is 0.800. The first-order valence-electron chi connectivity index (χ1n) is 4.90. The lowest BCUT2D eigenvalue weighted by Gasteiger charge is -2.06. The molecule has 0 unspecified atom stereocenters. The predicted molar refractivity (Wildman–Crippen MR) is 72.3 cm³/mol. The molecule has 1 rings (SSSR count). The van der Waals surface area contributed by atoms with Crippen molar-refractivity contribution >= 4 is 34.0 Å². The third kappa shape index (κ3) is 4.44. The number of halogens is 2. The zero-order valence-corrected chi connectivity index (χ0v) is 11.8. The zero-order valence-electron chi connectivity index (χ0n) is 9.39. The average molecular weight is 310 g/mol. The van der Waals surface area contributed by atoms with Gasteiger partial charge < -0.3 is 5.73 Å². The standard InChI is InChI=1S/C10H12ClN3O2S.ClH/c11-10-6-9(3-2-8(10)7-13)17(15,16)14-5-1-4-12;/h2-3,6,14H,1,4-5,12H2;1H. The van der Waals surface area contributed by atoms with Gasteiger partial charge in [0, 0.05) is 6.54 Å². The fourth-order valence-electron chi connectivity index (χ4n) is 1.15. The minimum atomic E-state index is -3.58. The molecule has 0 aromatic heterocycles. The summed E-state index contributed by atoms with van der Waals surface area (Å²) in [6, 6.07) is 5.83. The molecule has 0 amide bonds. The number of hydrogen-bond donors (Lipinski definition) is 2. The first-order valence-corrected chi connectivity index (χ1v) is 6.77. The Kier molecular flexibility index (Phi) is 7.21. The van der Waals surface area contributed by atoms with Crippen molar-refractivity contribution in [2.45, 2.75) is 11.3 Å². The van der Waals surface area contributed by atoms with Gasteiger partial charge in [-0.2, -0.15) is 5.26 Å². The Morgan fingerprint density at radius 3 is 2.61 bits per heavy atom. The second-order valence-corrected chi connectivity index (χ2v) is 5.47. The van der Waals surface area contributed by atoms with Gasteiger partial charge in [-0.3, -0.25) is 0 Å². The number of nitrogens with zero attached hydrogens (tertiary/aromatic N) is 1. The van der Waals surface area contributed by atoms with Crippen LogP contribution in [-0.4, -0.2) is 21.5 Å². The Morgan fingerprint density at radius 1 is 1.44 bits per heavy atom. The van der Waals surface area contributed by atoms with E-state index < -0.39 is 10.0 Å². The minimum Gasteiger partial charge on any atom is -0.330 e. The predicted octanol–water partition coefficient (Wildman–Crippen LogP) is 1.26. The zero-order chi connectivity index (χ0) is 12.9. The molecular weight excluding hydrogens is 297 g/mol. The van der Waals surface area contributed by atoms with Crippen LogP contribution in [0.1, 0.15) is 12.0 Å². The van der Waals surface area contributed by atoms with Gasteiger partial charge in [0.25, 0.3) is 0 Å². The number of nitriles is 1. The Balaban J connectivity index is 0.00000289. The second kappa shape index (κ2) is 7.56. The fourth-order valence-corrected chi connectivity index (χ4v) is 2.53. The summed E-state index contributed by atoms with van der Waals surface area (Å²) in [4.78, 5) is 0.0403. The van der Waals surface area contributed by atoms with Crippen molar-refractivity contribution in [3.05, 3.63) is 28.8 Å². The minimum absolute atomic E-state index is 0. The Labute approximate surface area is 117 Å². The molecule has 0 heterocycles. The Bertz CT molecular complexity index is 541. The number of rotatable bonds is 5. The van der Waals surface area contributed by atoms with Crippen molar-refractivity contribution in [3.8, 4) is 6.07 Å². The van der Waals surface area contributed by atoms with Crippen LogP contribution in [0, 0.1) is 11.3 Å². The molecule has 100 valence electrons. The van der Waals surface area contributed by atoms with Crippen molar-refractivity contribution in [1.82, 2.24) is 4.72 Å². The molecule has 18 heavy (non-hydrogen) atoms. The number of benzene rings is 1. The Hall–Kier alpha value is -0.840. The molecule has 8 heteroatoms. The van der Waals surface area contributed by atoms with Crippen LogP contribution >= 0.6 is 24.0 Å². The van der Waals surface area contributed by atoms with Crippen molar-refractivity contribution < 1.29 is 8.42 Å². The molecular formula is C10H13Cl2N3O2S. The summed E-state index contributed by atoms with van der Waals surface area (Å²) >= 11 is 5.76. The number of nitrogens with one attached hydrogen (secondary N) is 1. The summed E-state index contributed by atoms with van der Waals surface area (Å²) in [5.74, 6) is 0. The van der Waals surface area contributed by atoms with E-state index in [2.05, 4.69) is 4.72 Å². The van der Waals surface area contributed by atoms with Gasteiger partial charge in [-0.05, 0) is 31.2 Å². The molecule has 0 radical (unpaired) electrons. The second-order valence-electron chi connectivity index (χ2n) is 3.29. The van der Waals surface area contributed by atoms with Gasteiger partial charge in [0.05, 0.1) is 15.5 Å². The molecule has 0 bridgehead atoms. The van der Waals surface area contributed by atoms with Crippen molar-refractivity contribution in [1.29, 1.82) is 5.26 Å². The number of nitrogens with two attached hydrogens (primary N) is 1. The van der Waals surface area contributed by atoms with Crippen molar-refractivity contribution in [3.63, 3.8) is 0 Å². The van der Waals surface area contributed by atoms with Gasteiger partial charge in [0.15, 0.2) is 0 Å². The van der Waals surface area contributed by atoms with Crippen molar-refractivity contribution in [2.75, 3.05) is 13.1 Å². The van der Waals surface area contributed by atoms with Crippen LogP contribution in [0.25, 0.3) is 0 Å². The van der Waals surface area contributed by atoms with Gasteiger partial charge in [0.2, 0.25) is 10.0 Å². The van der Waals surface area contributed by atoms with Crippen LogP contribution in [0.15, 0.2) is 23.1 Å². The van der Waals surface area contributed by atoms with Crippen LogP contribution < -0.4 is 10.5 Å². The van der Waals surface area contributed by atoms with E-state index in [9.17, 15) is 8.42 Å². The SMILES string of the molecule is Cl.N#Cc1ccc(S(=O)(=O)NCCCN)cc1Cl. The molecule has 1 aromatic carbocycles. The number of hydrogen-bond acceptors (Lipinski definition) is 4. The molecule has 0 aliphatic carbocycles. The first kappa shape index (κ1) is 17.2. The van der Waals surface area contributed by atoms with Crippen LogP contribution in [0.2, 0.25) is 5.02 Å². The largest absolute Gasteiger partial charge is 0.330 e. The van der Waals surface area contributed by atoms with Gasteiger partial charge in [-0.15, -0.1) is 12.4 Å². The molecule has 0 atom stereocenters. The molecule has 0 spiro atoms. The smallest absolute Gasteiger partial charge is 0.240 e. The number of sulfonamides is 1. The molecule has 0 fully saturated rings. The van der Waals surface area contributed by atoms with E-state index >= 15 is 0 Å². The topological polar surface area (TPSA) is 96.0 Å². The maximum atomic E-state index is 11.8. The fraction of sp³-hybridized carbons (Fsp3) is 0.300. The van der Waals surface area contributed by atoms with E-state index in [1.807, 2.05) is 6.07 Å². The lowest BCUT2D eigenvalue weighted by Crippen LogP contribution is -2.26. The molecule has 0 aliphatic heterocycles. The van der Waals surface area contributed by atoms with Crippen LogP contribution in [0.5, 0.6) is 0 Å². The summed E-state index contributed by atoms with van der Waals surface area (Å²) in [7, 11) is -3.58. The monoisotopic (exact) mass is 309 g/mol. The first-order chi connectivity index (χ1) is 8.01. The molecule has 3 N–H and O–H groups in total. The highest BCUT2D eigenvalue weighted by Crippen LogP contribution is 2.19. The van der Waals surface area contributed by atoms with E-state index in [1.54, 1.807) is 0 Å². The highest BCUT2D eigenvalue weighted by Gasteiger charge is 2.14. The molecule has 5 nitrogen and oxygen atoms in total. The molecule has 0 saturated carbocycles. The third-order valence-electron chi connectivity index (χ3n) is 2.04. The highest BCUT2D eigenvalue weighted by atomic mass is 35.5. The van der Waals surface area contributed by atoms with E-state index in [0.717, 1.165) is 0 Å². The molecule has 0 saturated heterocycles. The van der Waals surface area contributed by atoms with E-state index in [-0.39, 0.29) is 34.4 Å². The highest BCUT2D eigenvalue weighted by molar-refractivity contribution is 7.89. The summed E-state index contributed by atoms with van der Waals surface area (Å²) in [5.41, 5.74) is 5.51. The van der Waals surface area contributed by atoms with Crippen LogP contribution in [0.4, 0.5) is 0 Å². The van der Waals surface area contributed by atoms with Gasteiger partial charge in [0.1, 0.15) is 6.07 Å². The lowest BCUT2D eigenvalue weighted by atomic mass is 10.2. The average Bonchev–Trinajstić information content (AvgIpc) is 2.29. The summed E-state index contributed by atoms with van der Waals surface area (Å²) < 4.78 is 25.9. The van der Waals surface area contributed by atoms with Crippen molar-refractivity contribution in [2.24, 2.45) is 5.73 Å². The van der Waals surface area contributed by atoms with Gasteiger partial charge in [-0.25, -0.2) is 13.1 Å². The summed E-state index contributed by atoms with van der Waals surface area (Å²) in [6.07, 6.45) is 0.559. The van der Waals surface area contributed by atoms with Crippen LogP contribution in [-0.2, 0) is 10.0 Å². The van der Waals surface area contributed by atoms with E-state index in [4.69, 9.17) is 22.6 Å². The van der Waals surface area contributed by atoms with E-state index in [1.165, 1.54) is 18.2 Å². The Morgan fingerprint density at radius 2 is 2.11 bits per heavy atom. The molecule has 1 aromatic rings. The summed E-state index contributed by atoms with van der Waals surface area (Å²) in [6.45, 7) is 0.688.